The average molecular weight is 355 g/mol. The second kappa shape index (κ2) is 5.72. The first-order chi connectivity index (χ1) is 7.91. The van der Waals surface area contributed by atoms with E-state index >= 15 is 0 Å². The number of benzene rings is 1. The summed E-state index contributed by atoms with van der Waals surface area (Å²) in [7, 11) is 0. The van der Waals surface area contributed by atoms with E-state index in [0.717, 1.165) is 0 Å². The fourth-order valence-electron chi connectivity index (χ4n) is 1.28. The largest absolute Gasteiger partial charge is 0.462 e. The molecule has 1 atom stereocenters. The van der Waals surface area contributed by atoms with Crippen molar-refractivity contribution >= 4 is 28.6 Å². The van der Waals surface area contributed by atoms with Crippen molar-refractivity contribution in [3.63, 3.8) is 0 Å². The van der Waals surface area contributed by atoms with Crippen molar-refractivity contribution in [2.24, 2.45) is 5.73 Å². The number of halogens is 3. The molecule has 2 N–H and O–H groups in total. The Morgan fingerprint density at radius 2 is 2.12 bits per heavy atom. The van der Waals surface area contributed by atoms with Gasteiger partial charge in [-0.2, -0.15) is 8.78 Å². The summed E-state index contributed by atoms with van der Waals surface area (Å²) in [6.07, 6.45) is 0. The fraction of sp³-hybridized carbons (Fsp3) is 0.364. The molecule has 0 saturated heterocycles. The van der Waals surface area contributed by atoms with Crippen LogP contribution in [0, 0.1) is 3.57 Å². The minimum atomic E-state index is -3.72. The highest BCUT2D eigenvalue weighted by molar-refractivity contribution is 14.1. The van der Waals surface area contributed by atoms with Crippen LogP contribution in [0.15, 0.2) is 24.3 Å². The number of hydrogen-bond acceptors (Lipinski definition) is 3. The van der Waals surface area contributed by atoms with Crippen LogP contribution in [0.3, 0.4) is 0 Å². The van der Waals surface area contributed by atoms with Crippen LogP contribution in [0.2, 0.25) is 0 Å². The van der Waals surface area contributed by atoms with Gasteiger partial charge in [0.25, 0.3) is 0 Å². The summed E-state index contributed by atoms with van der Waals surface area (Å²) in [6.45, 7) is 1.36. The SMILES string of the molecule is CCOC(=O)C(F)(F)[C@H](N)c1ccccc1I. The molecule has 1 aromatic rings. The molecule has 0 aliphatic heterocycles. The van der Waals surface area contributed by atoms with E-state index in [4.69, 9.17) is 5.73 Å². The van der Waals surface area contributed by atoms with Crippen molar-refractivity contribution in [1.29, 1.82) is 0 Å². The van der Waals surface area contributed by atoms with Gasteiger partial charge in [-0.25, -0.2) is 4.79 Å². The molecule has 0 bridgehead atoms. The highest BCUT2D eigenvalue weighted by Gasteiger charge is 2.48. The van der Waals surface area contributed by atoms with E-state index in [9.17, 15) is 13.6 Å². The first kappa shape index (κ1) is 14.3. The zero-order chi connectivity index (χ0) is 13.1. The van der Waals surface area contributed by atoms with Gasteiger partial charge < -0.3 is 10.5 Å². The fourth-order valence-corrected chi connectivity index (χ4v) is 2.00. The maximum Gasteiger partial charge on any atom is 0.379 e. The zero-order valence-electron chi connectivity index (χ0n) is 9.12. The lowest BCUT2D eigenvalue weighted by Gasteiger charge is -2.22. The lowest BCUT2D eigenvalue weighted by molar-refractivity contribution is -0.174. The van der Waals surface area contributed by atoms with Gasteiger partial charge in [0.2, 0.25) is 0 Å². The smallest absolute Gasteiger partial charge is 0.379 e. The molecular weight excluding hydrogens is 343 g/mol. The molecule has 0 radical (unpaired) electrons. The number of nitrogens with two attached hydrogens (primary N) is 1. The lowest BCUT2D eigenvalue weighted by Crippen LogP contribution is -2.42. The molecule has 6 heteroatoms. The third-order valence-electron chi connectivity index (χ3n) is 2.18. The van der Waals surface area contributed by atoms with E-state index in [1.54, 1.807) is 18.2 Å². The van der Waals surface area contributed by atoms with Crippen molar-refractivity contribution in [2.75, 3.05) is 6.61 Å². The number of hydrogen-bond donors (Lipinski definition) is 1. The van der Waals surface area contributed by atoms with Gasteiger partial charge in [-0.1, -0.05) is 18.2 Å². The molecular formula is C11H12F2INO2. The van der Waals surface area contributed by atoms with Crippen LogP contribution in [-0.2, 0) is 9.53 Å². The van der Waals surface area contributed by atoms with Gasteiger partial charge in [0.15, 0.2) is 0 Å². The van der Waals surface area contributed by atoms with Gasteiger partial charge in [0.05, 0.1) is 6.61 Å². The van der Waals surface area contributed by atoms with E-state index < -0.39 is 17.9 Å². The maximum absolute atomic E-state index is 13.7. The highest BCUT2D eigenvalue weighted by atomic mass is 127. The molecule has 0 amide bonds. The van der Waals surface area contributed by atoms with Crippen molar-refractivity contribution in [2.45, 2.75) is 18.9 Å². The van der Waals surface area contributed by atoms with E-state index in [0.29, 0.717) is 3.57 Å². The predicted octanol–water partition coefficient (Wildman–Crippen LogP) is 2.49. The summed E-state index contributed by atoms with van der Waals surface area (Å²) in [4.78, 5) is 11.1. The molecule has 0 fully saturated rings. The van der Waals surface area contributed by atoms with Crippen LogP contribution in [0.1, 0.15) is 18.5 Å². The van der Waals surface area contributed by atoms with Crippen molar-refractivity contribution in [1.82, 2.24) is 0 Å². The number of esters is 1. The molecule has 3 nitrogen and oxygen atoms in total. The Bertz CT molecular complexity index is 412. The average Bonchev–Trinajstić information content (AvgIpc) is 2.29. The summed E-state index contributed by atoms with van der Waals surface area (Å²) in [5.41, 5.74) is 5.68. The van der Waals surface area contributed by atoms with Gasteiger partial charge in [-0.3, -0.25) is 0 Å². The maximum atomic E-state index is 13.7. The Hall–Kier alpha value is -0.760. The quantitative estimate of drug-likeness (QED) is 0.667. The number of ether oxygens (including phenoxy) is 1. The summed E-state index contributed by atoms with van der Waals surface area (Å²) in [5.74, 6) is -5.32. The lowest BCUT2D eigenvalue weighted by atomic mass is 10.0. The summed E-state index contributed by atoms with van der Waals surface area (Å²) < 4.78 is 32.2. The monoisotopic (exact) mass is 355 g/mol. The van der Waals surface area contributed by atoms with Gasteiger partial charge in [0.1, 0.15) is 6.04 Å². The Morgan fingerprint density at radius 1 is 1.53 bits per heavy atom. The predicted molar refractivity (Wildman–Crippen MR) is 67.7 cm³/mol. The van der Waals surface area contributed by atoms with Crippen molar-refractivity contribution < 1.29 is 18.3 Å². The Morgan fingerprint density at radius 3 is 2.65 bits per heavy atom. The van der Waals surface area contributed by atoms with Crippen LogP contribution < -0.4 is 5.73 Å². The molecule has 0 spiro atoms. The third kappa shape index (κ3) is 3.12. The van der Waals surface area contributed by atoms with E-state index in [1.807, 2.05) is 22.6 Å². The number of rotatable bonds is 4. The molecule has 0 heterocycles. The summed E-state index contributed by atoms with van der Waals surface area (Å²) >= 11 is 1.89. The Labute approximate surface area is 111 Å². The zero-order valence-corrected chi connectivity index (χ0v) is 11.3. The third-order valence-corrected chi connectivity index (χ3v) is 3.16. The van der Waals surface area contributed by atoms with Crippen LogP contribution in [0.4, 0.5) is 8.78 Å². The molecule has 0 aromatic heterocycles. The van der Waals surface area contributed by atoms with E-state index in [2.05, 4.69) is 4.74 Å². The molecule has 94 valence electrons. The van der Waals surface area contributed by atoms with Crippen LogP contribution >= 0.6 is 22.6 Å². The van der Waals surface area contributed by atoms with Crippen LogP contribution in [0.5, 0.6) is 0 Å². The topological polar surface area (TPSA) is 52.3 Å². The highest BCUT2D eigenvalue weighted by Crippen LogP contribution is 2.32. The van der Waals surface area contributed by atoms with Crippen LogP contribution in [0.25, 0.3) is 0 Å². The first-order valence-electron chi connectivity index (χ1n) is 4.96. The van der Waals surface area contributed by atoms with Crippen molar-refractivity contribution in [3.8, 4) is 0 Å². The minimum absolute atomic E-state index is 0.104. The Kier molecular flexibility index (Phi) is 4.81. The summed E-state index contributed by atoms with van der Waals surface area (Å²) in [5, 5.41) is 0. The molecule has 1 rings (SSSR count). The van der Waals surface area contributed by atoms with Gasteiger partial charge in [0, 0.05) is 3.57 Å². The standard InChI is InChI=1S/C11H12F2INO2/c1-2-17-10(16)11(12,13)9(15)7-5-3-4-6-8(7)14/h3-6,9H,2,15H2,1H3/t9-/m1/s1. The number of alkyl halides is 2. The van der Waals surface area contributed by atoms with Gasteiger partial charge in [-0.05, 0) is 41.1 Å². The number of carbonyl (C=O) groups excluding carboxylic acids is 1. The molecule has 1 aromatic carbocycles. The normalized spacial score (nSPS) is 13.2. The van der Waals surface area contributed by atoms with E-state index in [1.165, 1.54) is 13.0 Å². The first-order valence-corrected chi connectivity index (χ1v) is 6.04. The Balaban J connectivity index is 3.00. The van der Waals surface area contributed by atoms with Crippen molar-refractivity contribution in [3.05, 3.63) is 33.4 Å². The molecule has 0 aliphatic carbocycles. The van der Waals surface area contributed by atoms with Gasteiger partial charge >= 0.3 is 11.9 Å². The van der Waals surface area contributed by atoms with Crippen LogP contribution in [-0.4, -0.2) is 18.5 Å². The molecule has 0 unspecified atom stereocenters. The van der Waals surface area contributed by atoms with Gasteiger partial charge in [-0.15, -0.1) is 0 Å². The van der Waals surface area contributed by atoms with E-state index in [-0.39, 0.29) is 12.2 Å². The molecule has 17 heavy (non-hydrogen) atoms. The second-order valence-electron chi connectivity index (χ2n) is 3.34. The summed E-state index contributed by atoms with van der Waals surface area (Å²) in [6, 6.07) is 4.73. The molecule has 0 aliphatic rings. The second-order valence-corrected chi connectivity index (χ2v) is 4.50. The number of carbonyl (C=O) groups is 1. The minimum Gasteiger partial charge on any atom is -0.462 e. The molecule has 0 saturated carbocycles.